The molecule has 2 saturated heterocycles. The molecule has 168 valence electrons. The number of rotatable bonds is 9. The summed E-state index contributed by atoms with van der Waals surface area (Å²) in [6.45, 7) is 11.8. The second kappa shape index (κ2) is 9.79. The van der Waals surface area contributed by atoms with E-state index >= 15 is 0 Å². The minimum Gasteiger partial charge on any atom is -0.381 e. The van der Waals surface area contributed by atoms with E-state index in [4.69, 9.17) is 4.74 Å². The van der Waals surface area contributed by atoms with E-state index in [1.54, 1.807) is 0 Å². The normalized spacial score (nSPS) is 23.1. The Bertz CT molecular complexity index is 710. The van der Waals surface area contributed by atoms with Crippen LogP contribution >= 0.6 is 0 Å². The zero-order valence-corrected chi connectivity index (χ0v) is 19.1. The third-order valence-corrected chi connectivity index (χ3v) is 7.22. The summed E-state index contributed by atoms with van der Waals surface area (Å²) in [6.07, 6.45) is 7.55. The molecule has 1 aromatic heterocycles. The first-order valence-electron chi connectivity index (χ1n) is 11.9. The van der Waals surface area contributed by atoms with Gasteiger partial charge in [0.1, 0.15) is 0 Å². The van der Waals surface area contributed by atoms with Crippen molar-refractivity contribution in [1.82, 2.24) is 24.5 Å². The molecule has 1 amide bonds. The Morgan fingerprint density at radius 1 is 1.17 bits per heavy atom. The number of aromatic nitrogens is 2. The minimum atomic E-state index is 0.332. The molecule has 2 aliphatic heterocycles. The summed E-state index contributed by atoms with van der Waals surface area (Å²) in [5.74, 6) is 0.739. The molecule has 1 unspecified atom stereocenters. The summed E-state index contributed by atoms with van der Waals surface area (Å²) in [6, 6.07) is 1.08. The standard InChI is InChI=1S/C23H39N5O2/c1-4-28-18(2)20(15-24-28)16-25(3)11-12-27(21-8-13-30-14-9-21)22-7-10-26(17-22)23(29)19-5-6-19/h15,19,21-22H,4-14,16-17H2,1-3H3. The van der Waals surface area contributed by atoms with Crippen LogP contribution in [0.25, 0.3) is 0 Å². The second-order valence-corrected chi connectivity index (χ2v) is 9.39. The van der Waals surface area contributed by atoms with Gasteiger partial charge in [-0.25, -0.2) is 0 Å². The van der Waals surface area contributed by atoms with Crippen LogP contribution in [0, 0.1) is 12.8 Å². The van der Waals surface area contributed by atoms with Gasteiger partial charge in [0.05, 0.1) is 6.20 Å². The van der Waals surface area contributed by atoms with Crippen LogP contribution in [0.1, 0.15) is 50.3 Å². The van der Waals surface area contributed by atoms with Gasteiger partial charge in [-0.1, -0.05) is 0 Å². The predicted molar refractivity (Wildman–Crippen MR) is 117 cm³/mol. The van der Waals surface area contributed by atoms with Crippen molar-refractivity contribution in [2.45, 2.75) is 71.1 Å². The van der Waals surface area contributed by atoms with E-state index in [0.717, 1.165) is 84.6 Å². The van der Waals surface area contributed by atoms with Crippen LogP contribution < -0.4 is 0 Å². The minimum absolute atomic E-state index is 0.332. The molecule has 0 spiro atoms. The smallest absolute Gasteiger partial charge is 0.225 e. The Morgan fingerprint density at radius 3 is 2.60 bits per heavy atom. The number of likely N-dealkylation sites (N-methyl/N-ethyl adjacent to an activating group) is 1. The van der Waals surface area contributed by atoms with Gasteiger partial charge in [-0.05, 0) is 53.0 Å². The number of hydrogen-bond acceptors (Lipinski definition) is 5. The Labute approximate surface area is 181 Å². The summed E-state index contributed by atoms with van der Waals surface area (Å²) in [4.78, 5) is 19.8. The highest BCUT2D eigenvalue weighted by atomic mass is 16.5. The highest BCUT2D eigenvalue weighted by Gasteiger charge is 2.39. The molecule has 0 bridgehead atoms. The van der Waals surface area contributed by atoms with E-state index in [1.807, 2.05) is 6.20 Å². The van der Waals surface area contributed by atoms with Gasteiger partial charge >= 0.3 is 0 Å². The Kier molecular flexibility index (Phi) is 7.11. The Hall–Kier alpha value is -1.44. The predicted octanol–water partition coefficient (Wildman–Crippen LogP) is 2.14. The van der Waals surface area contributed by atoms with Crippen molar-refractivity contribution in [2.24, 2.45) is 5.92 Å². The van der Waals surface area contributed by atoms with Crippen molar-refractivity contribution in [3.8, 4) is 0 Å². The molecule has 7 nitrogen and oxygen atoms in total. The van der Waals surface area contributed by atoms with Crippen molar-refractivity contribution < 1.29 is 9.53 Å². The van der Waals surface area contributed by atoms with Gasteiger partial charge in [0.2, 0.25) is 5.91 Å². The number of amides is 1. The van der Waals surface area contributed by atoms with Crippen LogP contribution in [0.15, 0.2) is 6.20 Å². The van der Waals surface area contributed by atoms with Gasteiger partial charge in [-0.3, -0.25) is 14.4 Å². The first-order chi connectivity index (χ1) is 14.6. The van der Waals surface area contributed by atoms with Gasteiger partial charge in [0.25, 0.3) is 0 Å². The van der Waals surface area contributed by atoms with E-state index in [2.05, 4.69) is 45.4 Å². The zero-order chi connectivity index (χ0) is 21.1. The fourth-order valence-electron chi connectivity index (χ4n) is 5.10. The van der Waals surface area contributed by atoms with Crippen LogP contribution in [-0.4, -0.2) is 88.9 Å². The quantitative estimate of drug-likeness (QED) is 0.616. The third kappa shape index (κ3) is 5.06. The van der Waals surface area contributed by atoms with Crippen LogP contribution in [0.3, 0.4) is 0 Å². The van der Waals surface area contributed by atoms with E-state index < -0.39 is 0 Å². The maximum atomic E-state index is 12.6. The highest BCUT2D eigenvalue weighted by Crippen LogP contribution is 2.33. The molecule has 4 rings (SSSR count). The number of ether oxygens (including phenoxy) is 1. The lowest BCUT2D eigenvalue weighted by Crippen LogP contribution is -2.49. The first-order valence-corrected chi connectivity index (χ1v) is 11.9. The topological polar surface area (TPSA) is 53.8 Å². The van der Waals surface area contributed by atoms with Crippen LogP contribution in [-0.2, 0) is 22.6 Å². The van der Waals surface area contributed by atoms with Crippen molar-refractivity contribution in [1.29, 1.82) is 0 Å². The molecule has 1 aliphatic carbocycles. The summed E-state index contributed by atoms with van der Waals surface area (Å²) < 4.78 is 7.70. The molecule has 7 heteroatoms. The first kappa shape index (κ1) is 21.8. The average Bonchev–Trinajstić information content (AvgIpc) is 3.40. The molecular weight excluding hydrogens is 378 g/mol. The number of carbonyl (C=O) groups excluding carboxylic acids is 1. The second-order valence-electron chi connectivity index (χ2n) is 9.39. The van der Waals surface area contributed by atoms with Crippen molar-refractivity contribution in [3.63, 3.8) is 0 Å². The summed E-state index contributed by atoms with van der Waals surface area (Å²) >= 11 is 0. The fourth-order valence-corrected chi connectivity index (χ4v) is 5.10. The number of aryl methyl sites for hydroxylation is 1. The lowest BCUT2D eigenvalue weighted by molar-refractivity contribution is -0.131. The molecule has 3 fully saturated rings. The van der Waals surface area contributed by atoms with Crippen molar-refractivity contribution in [3.05, 3.63) is 17.5 Å². The van der Waals surface area contributed by atoms with E-state index in [-0.39, 0.29) is 0 Å². The van der Waals surface area contributed by atoms with Crippen LogP contribution in [0.2, 0.25) is 0 Å². The summed E-state index contributed by atoms with van der Waals surface area (Å²) in [5, 5.41) is 4.49. The molecule has 30 heavy (non-hydrogen) atoms. The number of hydrogen-bond donors (Lipinski definition) is 0. The molecule has 1 aromatic rings. The van der Waals surface area contributed by atoms with E-state index in [0.29, 0.717) is 23.9 Å². The molecular formula is C23H39N5O2. The molecule has 0 aromatic carbocycles. The number of likely N-dealkylation sites (tertiary alicyclic amines) is 1. The monoisotopic (exact) mass is 417 g/mol. The lowest BCUT2D eigenvalue weighted by atomic mass is 10.0. The van der Waals surface area contributed by atoms with Gasteiger partial charge in [-0.15, -0.1) is 0 Å². The molecule has 0 N–H and O–H groups in total. The lowest BCUT2D eigenvalue weighted by Gasteiger charge is -2.39. The average molecular weight is 418 g/mol. The zero-order valence-electron chi connectivity index (χ0n) is 19.1. The van der Waals surface area contributed by atoms with Crippen molar-refractivity contribution >= 4 is 5.91 Å². The van der Waals surface area contributed by atoms with E-state index in [9.17, 15) is 4.79 Å². The molecule has 1 atom stereocenters. The Balaban J connectivity index is 1.35. The van der Waals surface area contributed by atoms with Gasteiger partial charge < -0.3 is 14.5 Å². The summed E-state index contributed by atoms with van der Waals surface area (Å²) in [7, 11) is 2.21. The van der Waals surface area contributed by atoms with Crippen LogP contribution in [0.4, 0.5) is 0 Å². The van der Waals surface area contributed by atoms with Crippen molar-refractivity contribution in [2.75, 3.05) is 46.4 Å². The fraction of sp³-hybridized carbons (Fsp3) is 0.826. The van der Waals surface area contributed by atoms with Gasteiger partial charge in [-0.2, -0.15) is 5.10 Å². The molecule has 3 heterocycles. The largest absolute Gasteiger partial charge is 0.381 e. The molecule has 3 aliphatic rings. The van der Waals surface area contributed by atoms with Gasteiger partial charge in [0.15, 0.2) is 0 Å². The highest BCUT2D eigenvalue weighted by molar-refractivity contribution is 5.81. The van der Waals surface area contributed by atoms with Gasteiger partial charge in [0, 0.05) is 81.7 Å². The molecule has 1 saturated carbocycles. The van der Waals surface area contributed by atoms with Crippen LogP contribution in [0.5, 0.6) is 0 Å². The maximum absolute atomic E-state index is 12.6. The third-order valence-electron chi connectivity index (χ3n) is 7.22. The summed E-state index contributed by atoms with van der Waals surface area (Å²) in [5.41, 5.74) is 2.59. The van der Waals surface area contributed by atoms with E-state index in [1.165, 1.54) is 11.3 Å². The molecule has 0 radical (unpaired) electrons. The maximum Gasteiger partial charge on any atom is 0.225 e. The Morgan fingerprint density at radius 2 is 1.93 bits per heavy atom. The SMILES string of the molecule is CCn1ncc(CN(C)CCN(C2CCOCC2)C2CCN(C(=O)C3CC3)C2)c1C. The number of carbonyl (C=O) groups is 1. The number of nitrogens with zero attached hydrogens (tertiary/aromatic N) is 5.